The second kappa shape index (κ2) is 12.3. The molecule has 37 heavy (non-hydrogen) atoms. The molecule has 7 nitrogen and oxygen atoms in total. The summed E-state index contributed by atoms with van der Waals surface area (Å²) in [5, 5.41) is 13.5. The van der Waals surface area contributed by atoms with E-state index in [1.165, 1.54) is 11.6 Å². The molecule has 2 aromatic rings. The molecule has 3 aliphatic heterocycles. The van der Waals surface area contributed by atoms with E-state index < -0.39 is 17.8 Å². The van der Waals surface area contributed by atoms with Crippen LogP contribution in [-0.2, 0) is 27.1 Å². The van der Waals surface area contributed by atoms with E-state index in [0.717, 1.165) is 75.8 Å². The van der Waals surface area contributed by atoms with Crippen LogP contribution in [0.15, 0.2) is 30.3 Å². The zero-order chi connectivity index (χ0) is 25.6. The van der Waals surface area contributed by atoms with Gasteiger partial charge in [-0.25, -0.2) is 9.37 Å². The largest absolute Gasteiger partial charge is 0.480 e. The van der Waals surface area contributed by atoms with Gasteiger partial charge < -0.3 is 19.9 Å². The van der Waals surface area contributed by atoms with Gasteiger partial charge in [0.15, 0.2) is 0 Å². The van der Waals surface area contributed by atoms with Crippen LogP contribution in [0.4, 0.5) is 10.2 Å². The summed E-state index contributed by atoms with van der Waals surface area (Å²) in [5.41, 5.74) is 3.32. The summed E-state index contributed by atoms with van der Waals surface area (Å²) in [5.74, 6) is -0.476. The van der Waals surface area contributed by atoms with Crippen LogP contribution < -0.4 is 5.32 Å². The number of halogens is 1. The van der Waals surface area contributed by atoms with Crippen molar-refractivity contribution in [2.24, 2.45) is 0 Å². The number of hydrogen-bond donors (Lipinski definition) is 2. The van der Waals surface area contributed by atoms with Crippen LogP contribution >= 0.6 is 0 Å². The number of anilines is 1. The number of unbranched alkanes of at least 4 members (excludes halogenated alkanes) is 1. The Morgan fingerprint density at radius 3 is 2.97 bits per heavy atom. The number of pyridine rings is 1. The number of carbonyl (C=O) groups is 1. The third-order valence-electron chi connectivity index (χ3n) is 7.79. The fourth-order valence-corrected chi connectivity index (χ4v) is 5.86. The van der Waals surface area contributed by atoms with Gasteiger partial charge in [-0.2, -0.15) is 0 Å². The molecule has 2 saturated heterocycles. The summed E-state index contributed by atoms with van der Waals surface area (Å²) in [7, 11) is 0. The monoisotopic (exact) mass is 511 g/mol. The molecule has 1 aromatic heterocycles. The van der Waals surface area contributed by atoms with E-state index >= 15 is 4.39 Å². The van der Waals surface area contributed by atoms with Gasteiger partial charge in [-0.1, -0.05) is 18.2 Å². The quantitative estimate of drug-likeness (QED) is 0.432. The van der Waals surface area contributed by atoms with E-state index in [2.05, 4.69) is 17.4 Å². The number of hydrogen-bond acceptors (Lipinski definition) is 6. The van der Waals surface area contributed by atoms with Crippen LogP contribution in [0.3, 0.4) is 0 Å². The number of rotatable bonds is 10. The minimum atomic E-state index is -1.04. The average molecular weight is 512 g/mol. The number of ether oxygens (including phenoxy) is 2. The lowest BCUT2D eigenvalue weighted by Crippen LogP contribution is -2.35. The number of aryl methyl sites for hydroxylation is 2. The predicted octanol–water partition coefficient (Wildman–Crippen LogP) is 5.06. The first kappa shape index (κ1) is 26.1. The molecule has 8 heteroatoms. The molecule has 0 amide bonds. The lowest BCUT2D eigenvalue weighted by Gasteiger charge is -2.30. The molecule has 2 fully saturated rings. The predicted molar refractivity (Wildman–Crippen MR) is 139 cm³/mol. The van der Waals surface area contributed by atoms with Crippen LogP contribution in [0.5, 0.6) is 0 Å². The lowest BCUT2D eigenvalue weighted by molar-refractivity contribution is -0.143. The molecular formula is C29H38FN3O4. The van der Waals surface area contributed by atoms with E-state index in [1.54, 1.807) is 6.07 Å². The van der Waals surface area contributed by atoms with E-state index in [-0.39, 0.29) is 17.8 Å². The summed E-state index contributed by atoms with van der Waals surface area (Å²) >= 11 is 0. The Hall–Kier alpha value is -2.55. The molecule has 0 spiro atoms. The van der Waals surface area contributed by atoms with Crippen molar-refractivity contribution in [3.8, 4) is 0 Å². The zero-order valence-electron chi connectivity index (χ0n) is 21.5. The maximum atomic E-state index is 15.1. The minimum Gasteiger partial charge on any atom is -0.480 e. The molecule has 2 N–H and O–H groups in total. The fraction of sp³-hybridized carbons (Fsp3) is 0.586. The van der Waals surface area contributed by atoms with Gasteiger partial charge in [-0.3, -0.25) is 9.69 Å². The first-order chi connectivity index (χ1) is 18.1. The molecule has 200 valence electrons. The van der Waals surface area contributed by atoms with Crippen molar-refractivity contribution in [3.05, 3.63) is 58.5 Å². The highest BCUT2D eigenvalue weighted by atomic mass is 19.1. The maximum Gasteiger partial charge on any atom is 0.325 e. The minimum absolute atomic E-state index is 0.0472. The average Bonchev–Trinajstić information content (AvgIpc) is 3.38. The topological polar surface area (TPSA) is 83.9 Å². The number of aromatic nitrogens is 1. The maximum absolute atomic E-state index is 15.1. The molecule has 1 aromatic carbocycles. The molecule has 0 aliphatic carbocycles. The van der Waals surface area contributed by atoms with E-state index in [0.29, 0.717) is 31.9 Å². The number of carboxylic acid groups (broad SMARTS) is 1. The number of nitrogens with one attached hydrogen (secondary N) is 1. The SMILES string of the molecule is O=C(O)C(c1c(F)cccc1C1CCCCO1)N1CC[C@@H](OCCCCc2ccc3c(n2)NCCC3)C1. The normalized spacial score (nSPS) is 22.8. The van der Waals surface area contributed by atoms with Crippen LogP contribution in [0, 0.1) is 5.82 Å². The van der Waals surface area contributed by atoms with Crippen molar-refractivity contribution < 1.29 is 23.8 Å². The standard InChI is InChI=1S/C29H38FN3O4/c30-24-10-5-9-23(25-11-2-4-18-37-25)26(24)27(29(34)35)33-16-14-22(19-33)36-17-3-1-8-21-13-12-20-7-6-15-31-28(20)32-21/h5,9-10,12-13,22,25,27H,1-4,6-8,11,14-19H2,(H,31,32)(H,34,35)/t22-,25?,27?/m1/s1. The number of benzene rings is 1. The summed E-state index contributed by atoms with van der Waals surface area (Å²) < 4.78 is 27.1. The van der Waals surface area contributed by atoms with Gasteiger partial charge in [-0.05, 0) is 81.0 Å². The lowest BCUT2D eigenvalue weighted by atomic mass is 9.91. The number of likely N-dealkylation sites (tertiary alicyclic amines) is 1. The second-order valence-corrected chi connectivity index (χ2v) is 10.4. The fourth-order valence-electron chi connectivity index (χ4n) is 5.86. The van der Waals surface area contributed by atoms with E-state index in [1.807, 2.05) is 11.0 Å². The Labute approximate surface area is 218 Å². The molecule has 3 atom stereocenters. The van der Waals surface area contributed by atoms with Crippen molar-refractivity contribution >= 4 is 11.8 Å². The number of nitrogens with zero attached hydrogens (tertiary/aromatic N) is 2. The molecule has 2 unspecified atom stereocenters. The summed E-state index contributed by atoms with van der Waals surface area (Å²) in [6, 6.07) is 8.10. The number of carboxylic acids is 1. The van der Waals surface area contributed by atoms with Gasteiger partial charge in [-0.15, -0.1) is 0 Å². The Kier molecular flexibility index (Phi) is 8.69. The van der Waals surface area contributed by atoms with Gasteiger partial charge in [0.2, 0.25) is 0 Å². The highest BCUT2D eigenvalue weighted by molar-refractivity contribution is 5.76. The van der Waals surface area contributed by atoms with Gasteiger partial charge >= 0.3 is 5.97 Å². The van der Waals surface area contributed by atoms with Crippen molar-refractivity contribution in [1.82, 2.24) is 9.88 Å². The Bertz CT molecular complexity index is 1080. The molecule has 0 saturated carbocycles. The second-order valence-electron chi connectivity index (χ2n) is 10.4. The third-order valence-corrected chi connectivity index (χ3v) is 7.79. The van der Waals surface area contributed by atoms with Crippen LogP contribution in [0.1, 0.15) is 79.5 Å². The summed E-state index contributed by atoms with van der Waals surface area (Å²) in [4.78, 5) is 19.0. The molecule has 5 rings (SSSR count). The van der Waals surface area contributed by atoms with Gasteiger partial charge in [0.25, 0.3) is 0 Å². The summed E-state index contributed by atoms with van der Waals surface area (Å²) in [6.07, 6.45) is 8.28. The number of aliphatic carboxylic acids is 1. The van der Waals surface area contributed by atoms with Crippen molar-refractivity contribution in [2.75, 3.05) is 38.2 Å². The highest BCUT2D eigenvalue weighted by Crippen LogP contribution is 2.37. The van der Waals surface area contributed by atoms with Crippen LogP contribution in [0.2, 0.25) is 0 Å². The molecule has 0 bridgehead atoms. The zero-order valence-corrected chi connectivity index (χ0v) is 21.5. The van der Waals surface area contributed by atoms with Crippen molar-refractivity contribution in [1.29, 1.82) is 0 Å². The Morgan fingerprint density at radius 2 is 2.14 bits per heavy atom. The first-order valence-electron chi connectivity index (χ1n) is 13.8. The molecule has 3 aliphatic rings. The molecular weight excluding hydrogens is 473 g/mol. The third kappa shape index (κ3) is 6.30. The van der Waals surface area contributed by atoms with Gasteiger partial charge in [0.05, 0.1) is 12.2 Å². The Balaban J connectivity index is 1.14. The Morgan fingerprint density at radius 1 is 1.22 bits per heavy atom. The molecule has 4 heterocycles. The molecule has 0 radical (unpaired) electrons. The first-order valence-corrected chi connectivity index (χ1v) is 13.8. The van der Waals surface area contributed by atoms with E-state index in [4.69, 9.17) is 14.5 Å². The van der Waals surface area contributed by atoms with Gasteiger partial charge in [0.1, 0.15) is 17.7 Å². The van der Waals surface area contributed by atoms with E-state index in [9.17, 15) is 9.90 Å². The summed E-state index contributed by atoms with van der Waals surface area (Å²) in [6.45, 7) is 3.28. The van der Waals surface area contributed by atoms with Crippen molar-refractivity contribution in [2.45, 2.75) is 76.0 Å². The van der Waals surface area contributed by atoms with Crippen molar-refractivity contribution in [3.63, 3.8) is 0 Å². The van der Waals surface area contributed by atoms with Gasteiger partial charge in [0, 0.05) is 44.1 Å². The smallest absolute Gasteiger partial charge is 0.325 e. The highest BCUT2D eigenvalue weighted by Gasteiger charge is 2.38. The van der Waals surface area contributed by atoms with Crippen LogP contribution in [0.25, 0.3) is 0 Å². The number of fused-ring (bicyclic) bond motifs is 1. The van der Waals surface area contributed by atoms with Crippen LogP contribution in [-0.4, -0.2) is 59.9 Å².